The van der Waals surface area contributed by atoms with Crippen molar-refractivity contribution in [2.75, 3.05) is 0 Å². The SMILES string of the molecule is CC12CCC(OP(O)O)CC1CCC1C2CCC2(C)C(c3ccc(=O)oc3)CCC12O. The van der Waals surface area contributed by atoms with Crippen LogP contribution in [0.2, 0.25) is 0 Å². The van der Waals surface area contributed by atoms with E-state index in [2.05, 4.69) is 13.8 Å². The molecule has 8 atom stereocenters. The molecule has 0 amide bonds. The Balaban J connectivity index is 1.41. The van der Waals surface area contributed by atoms with E-state index in [-0.39, 0.29) is 28.5 Å². The average Bonchev–Trinajstić information content (AvgIpc) is 3.00. The fraction of sp³-hybridized carbons (Fsp3) is 0.792. The predicted molar refractivity (Wildman–Crippen MR) is 117 cm³/mol. The number of rotatable bonds is 3. The third kappa shape index (κ3) is 3.28. The molecule has 4 saturated carbocycles. The highest BCUT2D eigenvalue weighted by Gasteiger charge is 2.67. The van der Waals surface area contributed by atoms with Gasteiger partial charge in [0.05, 0.1) is 18.0 Å². The van der Waals surface area contributed by atoms with Crippen molar-refractivity contribution in [3.8, 4) is 0 Å². The highest BCUT2D eigenvalue weighted by molar-refractivity contribution is 7.39. The summed E-state index contributed by atoms with van der Waals surface area (Å²) in [4.78, 5) is 30.0. The Hall–Kier alpha value is -0.780. The van der Waals surface area contributed by atoms with Gasteiger partial charge in [-0.1, -0.05) is 13.8 Å². The lowest BCUT2D eigenvalue weighted by atomic mass is 9.43. The molecule has 0 radical (unpaired) electrons. The number of hydrogen-bond acceptors (Lipinski definition) is 6. The highest BCUT2D eigenvalue weighted by atomic mass is 31.2. The summed E-state index contributed by atoms with van der Waals surface area (Å²) in [6.45, 7) is 4.67. The van der Waals surface area contributed by atoms with Crippen LogP contribution in [0.25, 0.3) is 0 Å². The molecule has 1 aromatic rings. The molecule has 0 spiro atoms. The molecule has 0 saturated heterocycles. The van der Waals surface area contributed by atoms with Crippen molar-refractivity contribution in [1.29, 1.82) is 0 Å². The van der Waals surface area contributed by atoms with Crippen molar-refractivity contribution < 1.29 is 23.8 Å². The molecule has 8 unspecified atom stereocenters. The van der Waals surface area contributed by atoms with Crippen LogP contribution in [-0.2, 0) is 4.52 Å². The van der Waals surface area contributed by atoms with Gasteiger partial charge < -0.3 is 23.8 Å². The van der Waals surface area contributed by atoms with Gasteiger partial charge in [-0.3, -0.25) is 0 Å². The molecule has 0 aromatic carbocycles. The first-order valence-corrected chi connectivity index (χ1v) is 13.0. The standard InChI is InChI=1S/C24H35O6P/c1-22-10-7-17(30-31(27)28)13-16(22)4-5-20-19(22)8-11-23(2)18(9-12-24(20,23)26)15-3-6-21(25)29-14-15/h3,6,14,16-20,26-28H,4-5,7-13H2,1-2H3. The summed E-state index contributed by atoms with van der Waals surface area (Å²) in [6, 6.07) is 3.38. The normalized spacial score (nSPS) is 47.0. The molecule has 31 heavy (non-hydrogen) atoms. The van der Waals surface area contributed by atoms with Crippen LogP contribution in [0.15, 0.2) is 27.6 Å². The topological polar surface area (TPSA) is 100 Å². The van der Waals surface area contributed by atoms with Crippen LogP contribution >= 0.6 is 8.60 Å². The maximum atomic E-state index is 12.2. The minimum atomic E-state index is -2.30. The van der Waals surface area contributed by atoms with Crippen molar-refractivity contribution in [2.45, 2.75) is 89.3 Å². The minimum Gasteiger partial charge on any atom is -0.431 e. The van der Waals surface area contributed by atoms with Crippen LogP contribution in [0.1, 0.15) is 83.1 Å². The van der Waals surface area contributed by atoms with Gasteiger partial charge >= 0.3 is 14.2 Å². The summed E-state index contributed by atoms with van der Waals surface area (Å²) in [6.07, 6.45) is 10.2. The van der Waals surface area contributed by atoms with Gasteiger partial charge in [-0.15, -0.1) is 0 Å². The van der Waals surface area contributed by atoms with Crippen molar-refractivity contribution in [2.24, 2.45) is 28.6 Å². The second-order valence-corrected chi connectivity index (χ2v) is 11.8. The Morgan fingerprint density at radius 1 is 1.03 bits per heavy atom. The van der Waals surface area contributed by atoms with Crippen LogP contribution in [0, 0.1) is 28.6 Å². The van der Waals surface area contributed by atoms with E-state index in [9.17, 15) is 19.7 Å². The molecule has 6 nitrogen and oxygen atoms in total. The van der Waals surface area contributed by atoms with Gasteiger partial charge in [0.25, 0.3) is 0 Å². The zero-order chi connectivity index (χ0) is 22.0. The Morgan fingerprint density at radius 2 is 1.84 bits per heavy atom. The van der Waals surface area contributed by atoms with Crippen LogP contribution < -0.4 is 5.63 Å². The Bertz CT molecular complexity index is 867. The van der Waals surface area contributed by atoms with E-state index in [4.69, 9.17) is 8.94 Å². The minimum absolute atomic E-state index is 0.0590. The maximum Gasteiger partial charge on any atom is 0.335 e. The second kappa shape index (κ2) is 7.63. The van der Waals surface area contributed by atoms with Crippen LogP contribution in [0.3, 0.4) is 0 Å². The summed E-state index contributed by atoms with van der Waals surface area (Å²) in [5.74, 6) is 1.50. The van der Waals surface area contributed by atoms with Crippen molar-refractivity contribution in [1.82, 2.24) is 0 Å². The van der Waals surface area contributed by atoms with E-state index in [0.717, 1.165) is 63.4 Å². The molecule has 3 N–H and O–H groups in total. The molecular weight excluding hydrogens is 415 g/mol. The van der Waals surface area contributed by atoms with E-state index < -0.39 is 14.2 Å². The summed E-state index contributed by atoms with van der Waals surface area (Å²) in [5, 5.41) is 12.2. The lowest BCUT2D eigenvalue weighted by Crippen LogP contribution is -2.62. The number of hydrogen-bond donors (Lipinski definition) is 3. The summed E-state index contributed by atoms with van der Waals surface area (Å²) >= 11 is 0. The lowest BCUT2D eigenvalue weighted by Gasteiger charge is -2.63. The monoisotopic (exact) mass is 450 g/mol. The Morgan fingerprint density at radius 3 is 2.55 bits per heavy atom. The molecule has 5 rings (SSSR count). The molecule has 4 aliphatic rings. The van der Waals surface area contributed by atoms with Crippen LogP contribution in [0.4, 0.5) is 0 Å². The first-order valence-electron chi connectivity index (χ1n) is 11.8. The van der Waals surface area contributed by atoms with Gasteiger partial charge in [-0.25, -0.2) is 4.79 Å². The lowest BCUT2D eigenvalue weighted by molar-refractivity contribution is -0.204. The van der Waals surface area contributed by atoms with Crippen molar-refractivity contribution >= 4 is 8.60 Å². The van der Waals surface area contributed by atoms with E-state index in [1.807, 2.05) is 6.07 Å². The molecule has 4 aliphatic carbocycles. The molecule has 0 aliphatic heterocycles. The van der Waals surface area contributed by atoms with E-state index in [1.54, 1.807) is 6.26 Å². The molecule has 4 fully saturated rings. The smallest absolute Gasteiger partial charge is 0.335 e. The van der Waals surface area contributed by atoms with Gasteiger partial charge in [-0.2, -0.15) is 0 Å². The summed E-state index contributed by atoms with van der Waals surface area (Å²) < 4.78 is 10.6. The molecule has 7 heteroatoms. The molecule has 1 aromatic heterocycles. The zero-order valence-corrected chi connectivity index (χ0v) is 19.4. The zero-order valence-electron chi connectivity index (χ0n) is 18.5. The molecule has 172 valence electrons. The maximum absolute atomic E-state index is 12.2. The van der Waals surface area contributed by atoms with E-state index in [0.29, 0.717) is 17.8 Å². The van der Waals surface area contributed by atoms with Crippen LogP contribution in [0.5, 0.6) is 0 Å². The first-order chi connectivity index (χ1) is 14.7. The Labute approximate surface area is 185 Å². The number of aliphatic hydroxyl groups is 1. The van der Waals surface area contributed by atoms with Crippen molar-refractivity contribution in [3.63, 3.8) is 0 Å². The summed E-state index contributed by atoms with van der Waals surface area (Å²) in [7, 11) is -2.30. The fourth-order valence-corrected chi connectivity index (χ4v) is 8.97. The van der Waals surface area contributed by atoms with Gasteiger partial charge in [0, 0.05) is 11.5 Å². The van der Waals surface area contributed by atoms with Gasteiger partial charge in [-0.05, 0) is 98.5 Å². The largest absolute Gasteiger partial charge is 0.431 e. The highest BCUT2D eigenvalue weighted by Crippen LogP contribution is 2.70. The quantitative estimate of drug-likeness (QED) is 0.587. The second-order valence-electron chi connectivity index (χ2n) is 11.1. The Kier molecular flexibility index (Phi) is 5.42. The molecule has 0 bridgehead atoms. The predicted octanol–water partition coefficient (Wildman–Crippen LogP) is 4.48. The number of fused-ring (bicyclic) bond motifs is 5. The van der Waals surface area contributed by atoms with Crippen molar-refractivity contribution in [3.05, 3.63) is 34.4 Å². The summed E-state index contributed by atoms with van der Waals surface area (Å²) in [5.41, 5.74) is -0.0141. The third-order valence-electron chi connectivity index (χ3n) is 10.2. The third-order valence-corrected chi connectivity index (χ3v) is 10.7. The van der Waals surface area contributed by atoms with Crippen LogP contribution in [-0.4, -0.2) is 26.6 Å². The fourth-order valence-electron chi connectivity index (χ4n) is 8.52. The molecule has 1 heterocycles. The van der Waals surface area contributed by atoms with Gasteiger partial charge in [0.1, 0.15) is 0 Å². The van der Waals surface area contributed by atoms with Gasteiger partial charge in [0.15, 0.2) is 0 Å². The van der Waals surface area contributed by atoms with E-state index in [1.165, 1.54) is 6.07 Å². The van der Waals surface area contributed by atoms with E-state index >= 15 is 0 Å². The molecular formula is C24H35O6P. The average molecular weight is 451 g/mol. The first kappa shape index (κ1) is 22.0. The van der Waals surface area contributed by atoms with Gasteiger partial charge in [0.2, 0.25) is 0 Å².